The van der Waals surface area contributed by atoms with E-state index in [1.807, 2.05) is 0 Å². The quantitative estimate of drug-likeness (QED) is 0.838. The van der Waals surface area contributed by atoms with E-state index in [-0.39, 0.29) is 5.56 Å². The number of benzene rings is 1. The lowest BCUT2D eigenvalue weighted by molar-refractivity contribution is -0.140. The maximum atomic E-state index is 13.4. The van der Waals surface area contributed by atoms with E-state index in [4.69, 9.17) is 5.11 Å². The van der Waals surface area contributed by atoms with E-state index in [0.29, 0.717) is 12.1 Å². The summed E-state index contributed by atoms with van der Waals surface area (Å²) in [5, 5.41) is 18.3. The molecule has 0 saturated carbocycles. The highest BCUT2D eigenvalue weighted by atomic mass is 19.1. The van der Waals surface area contributed by atoms with Crippen molar-refractivity contribution in [1.29, 1.82) is 0 Å². The van der Waals surface area contributed by atoms with Crippen molar-refractivity contribution in [3.8, 4) is 5.75 Å². The predicted octanol–water partition coefficient (Wildman–Crippen LogP) is 2.49. The molecule has 0 bridgehead atoms. The summed E-state index contributed by atoms with van der Waals surface area (Å²) in [4.78, 5) is 11.0. The van der Waals surface area contributed by atoms with Crippen LogP contribution in [-0.4, -0.2) is 16.2 Å². The van der Waals surface area contributed by atoms with Gasteiger partial charge in [-0.05, 0) is 5.92 Å². The molecule has 1 aromatic carbocycles. The molecule has 0 amide bonds. The van der Waals surface area contributed by atoms with Crippen LogP contribution in [0.5, 0.6) is 5.75 Å². The van der Waals surface area contributed by atoms with Gasteiger partial charge in [0.1, 0.15) is 17.4 Å². The number of carbonyl (C=O) groups is 1. The number of halogens is 2. The summed E-state index contributed by atoms with van der Waals surface area (Å²) in [5.74, 6) is -5.51. The van der Waals surface area contributed by atoms with Gasteiger partial charge in [0.15, 0.2) is 0 Å². The second-order valence-electron chi connectivity index (χ2n) is 3.88. The van der Waals surface area contributed by atoms with E-state index in [2.05, 4.69) is 0 Å². The maximum absolute atomic E-state index is 13.4. The first-order valence-corrected chi connectivity index (χ1v) is 4.75. The summed E-state index contributed by atoms with van der Waals surface area (Å²) in [6.45, 7) is 3.17. The van der Waals surface area contributed by atoms with Crippen molar-refractivity contribution in [2.24, 2.45) is 5.92 Å². The highest BCUT2D eigenvalue weighted by Crippen LogP contribution is 2.34. The molecule has 0 radical (unpaired) electrons. The third-order valence-corrected chi connectivity index (χ3v) is 2.32. The molecule has 0 spiro atoms. The molecule has 16 heavy (non-hydrogen) atoms. The topological polar surface area (TPSA) is 57.5 Å². The van der Waals surface area contributed by atoms with Gasteiger partial charge in [0, 0.05) is 17.7 Å². The van der Waals surface area contributed by atoms with Gasteiger partial charge in [0.05, 0.1) is 5.92 Å². The Hall–Kier alpha value is -1.65. The van der Waals surface area contributed by atoms with Gasteiger partial charge < -0.3 is 10.2 Å². The summed E-state index contributed by atoms with van der Waals surface area (Å²) in [6, 6.07) is 1.27. The molecule has 0 fully saturated rings. The van der Waals surface area contributed by atoms with Crippen LogP contribution in [0, 0.1) is 17.6 Å². The molecule has 1 unspecified atom stereocenters. The lowest BCUT2D eigenvalue weighted by atomic mass is 9.87. The molecule has 0 aliphatic rings. The van der Waals surface area contributed by atoms with Gasteiger partial charge in [-0.3, -0.25) is 4.79 Å². The highest BCUT2D eigenvalue weighted by molar-refractivity contribution is 5.77. The number of phenolic OH excluding ortho intramolecular Hbond substituents is 1. The van der Waals surface area contributed by atoms with E-state index < -0.39 is 35.2 Å². The first kappa shape index (κ1) is 12.4. The van der Waals surface area contributed by atoms with Crippen molar-refractivity contribution in [1.82, 2.24) is 0 Å². The monoisotopic (exact) mass is 230 g/mol. The minimum Gasteiger partial charge on any atom is -0.507 e. The third-order valence-electron chi connectivity index (χ3n) is 2.32. The minimum absolute atomic E-state index is 0.371. The number of aliphatic carboxylic acids is 1. The highest BCUT2D eigenvalue weighted by Gasteiger charge is 2.29. The maximum Gasteiger partial charge on any atom is 0.311 e. The van der Waals surface area contributed by atoms with Crippen molar-refractivity contribution >= 4 is 5.97 Å². The zero-order chi connectivity index (χ0) is 12.5. The number of aromatic hydroxyl groups is 1. The molecular formula is C11H12F2O3. The molecule has 0 heterocycles. The van der Waals surface area contributed by atoms with Crippen molar-refractivity contribution in [2.75, 3.05) is 0 Å². The van der Waals surface area contributed by atoms with Gasteiger partial charge in [-0.1, -0.05) is 13.8 Å². The van der Waals surface area contributed by atoms with Crippen LogP contribution in [0.25, 0.3) is 0 Å². The molecule has 0 saturated heterocycles. The normalized spacial score (nSPS) is 12.8. The summed E-state index contributed by atoms with van der Waals surface area (Å²) in [7, 11) is 0. The molecule has 1 aromatic rings. The fourth-order valence-electron chi connectivity index (χ4n) is 1.62. The second-order valence-corrected chi connectivity index (χ2v) is 3.88. The summed E-state index contributed by atoms with van der Waals surface area (Å²) in [6.07, 6.45) is 0. The Morgan fingerprint density at radius 3 is 2.25 bits per heavy atom. The summed E-state index contributed by atoms with van der Waals surface area (Å²) >= 11 is 0. The van der Waals surface area contributed by atoms with E-state index in [1.165, 1.54) is 0 Å². The molecule has 1 atom stereocenters. The third kappa shape index (κ3) is 2.29. The molecule has 5 heteroatoms. The Bertz CT molecular complexity index is 393. The van der Waals surface area contributed by atoms with Crippen molar-refractivity contribution < 1.29 is 23.8 Å². The Morgan fingerprint density at radius 2 is 1.88 bits per heavy atom. The standard InChI is InChI=1S/C11H12F2O3/c1-5(2)9(11(15)16)10-7(13)3-6(12)4-8(10)14/h3-5,9,14H,1-2H3,(H,15,16). The molecule has 0 aromatic heterocycles. The fraction of sp³-hybridized carbons (Fsp3) is 0.364. The first-order valence-electron chi connectivity index (χ1n) is 4.75. The number of phenols is 1. The van der Waals surface area contributed by atoms with Gasteiger partial charge >= 0.3 is 5.97 Å². The van der Waals surface area contributed by atoms with Gasteiger partial charge in [0.25, 0.3) is 0 Å². The smallest absolute Gasteiger partial charge is 0.311 e. The van der Waals surface area contributed by atoms with Crippen molar-refractivity contribution in [3.63, 3.8) is 0 Å². The van der Waals surface area contributed by atoms with Crippen LogP contribution in [0.3, 0.4) is 0 Å². The SMILES string of the molecule is CC(C)C(C(=O)O)c1c(O)cc(F)cc1F. The molecular weight excluding hydrogens is 218 g/mol. The zero-order valence-electron chi connectivity index (χ0n) is 8.87. The van der Waals surface area contributed by atoms with Crippen molar-refractivity contribution in [3.05, 3.63) is 29.3 Å². The molecule has 3 nitrogen and oxygen atoms in total. The van der Waals surface area contributed by atoms with Crippen LogP contribution in [0.15, 0.2) is 12.1 Å². The van der Waals surface area contributed by atoms with Crippen LogP contribution < -0.4 is 0 Å². The average Bonchev–Trinajstić information content (AvgIpc) is 2.09. The predicted molar refractivity (Wildman–Crippen MR) is 53.2 cm³/mol. The Labute approximate surface area is 91.3 Å². The summed E-state index contributed by atoms with van der Waals surface area (Å²) < 4.78 is 26.1. The van der Waals surface area contributed by atoms with E-state index >= 15 is 0 Å². The Kier molecular flexibility index (Phi) is 3.47. The van der Waals surface area contributed by atoms with E-state index in [0.717, 1.165) is 0 Å². The van der Waals surface area contributed by atoms with Crippen LogP contribution in [0.4, 0.5) is 8.78 Å². The Balaban J connectivity index is 3.35. The zero-order valence-corrected chi connectivity index (χ0v) is 8.87. The van der Waals surface area contributed by atoms with E-state index in [9.17, 15) is 18.7 Å². The number of carboxylic acids is 1. The fourth-order valence-corrected chi connectivity index (χ4v) is 1.62. The second kappa shape index (κ2) is 4.47. The van der Waals surface area contributed by atoms with Crippen LogP contribution >= 0.6 is 0 Å². The van der Waals surface area contributed by atoms with Crippen molar-refractivity contribution in [2.45, 2.75) is 19.8 Å². The number of carboxylic acid groups (broad SMARTS) is 1. The van der Waals surface area contributed by atoms with Crippen LogP contribution in [0.1, 0.15) is 25.3 Å². The Morgan fingerprint density at radius 1 is 1.31 bits per heavy atom. The number of hydrogen-bond donors (Lipinski definition) is 2. The number of hydrogen-bond acceptors (Lipinski definition) is 2. The minimum atomic E-state index is -1.25. The molecule has 0 aliphatic heterocycles. The summed E-state index contributed by atoms with van der Waals surface area (Å²) in [5.41, 5.74) is -0.371. The van der Waals surface area contributed by atoms with Gasteiger partial charge in [-0.2, -0.15) is 0 Å². The molecule has 1 rings (SSSR count). The molecule has 2 N–H and O–H groups in total. The number of rotatable bonds is 3. The molecule has 0 aliphatic carbocycles. The largest absolute Gasteiger partial charge is 0.507 e. The first-order chi connectivity index (χ1) is 7.34. The van der Waals surface area contributed by atoms with Crippen LogP contribution in [-0.2, 0) is 4.79 Å². The van der Waals surface area contributed by atoms with Gasteiger partial charge in [-0.25, -0.2) is 8.78 Å². The van der Waals surface area contributed by atoms with Crippen LogP contribution in [0.2, 0.25) is 0 Å². The van der Waals surface area contributed by atoms with Gasteiger partial charge in [-0.15, -0.1) is 0 Å². The average molecular weight is 230 g/mol. The lowest BCUT2D eigenvalue weighted by Gasteiger charge is -2.18. The lowest BCUT2D eigenvalue weighted by Crippen LogP contribution is -2.19. The van der Waals surface area contributed by atoms with E-state index in [1.54, 1.807) is 13.8 Å². The molecule has 88 valence electrons. The van der Waals surface area contributed by atoms with Gasteiger partial charge in [0.2, 0.25) is 0 Å².